The van der Waals surface area contributed by atoms with E-state index in [4.69, 9.17) is 9.84 Å². The molecule has 17 heavy (non-hydrogen) atoms. The Labute approximate surface area is 100 Å². The van der Waals surface area contributed by atoms with Gasteiger partial charge in [0.25, 0.3) is 0 Å². The molecule has 0 radical (unpaired) electrons. The van der Waals surface area contributed by atoms with Gasteiger partial charge in [0.15, 0.2) is 0 Å². The zero-order valence-electron chi connectivity index (χ0n) is 10.1. The van der Waals surface area contributed by atoms with Crippen LogP contribution in [-0.4, -0.2) is 23.7 Å². The highest BCUT2D eigenvalue weighted by Gasteiger charge is 2.84. The van der Waals surface area contributed by atoms with Crippen LogP contribution in [0.3, 0.4) is 0 Å². The molecule has 0 aromatic rings. The lowest BCUT2D eigenvalue weighted by Gasteiger charge is -2.41. The van der Waals surface area contributed by atoms with Crippen LogP contribution < -0.4 is 0 Å². The van der Waals surface area contributed by atoms with Gasteiger partial charge < -0.3 is 9.84 Å². The number of carbonyl (C=O) groups excluding carboxylic acids is 1. The summed E-state index contributed by atoms with van der Waals surface area (Å²) < 4.78 is 5.14. The van der Waals surface area contributed by atoms with Gasteiger partial charge in [0, 0.05) is 0 Å². The highest BCUT2D eigenvalue weighted by atomic mass is 16.5. The Morgan fingerprint density at radius 1 is 1.29 bits per heavy atom. The Morgan fingerprint density at radius 2 is 1.94 bits per heavy atom. The van der Waals surface area contributed by atoms with Crippen LogP contribution in [0.25, 0.3) is 0 Å². The molecule has 0 aromatic heterocycles. The minimum absolute atomic E-state index is 0.000556. The zero-order chi connectivity index (χ0) is 12.3. The largest absolute Gasteiger partial charge is 0.481 e. The van der Waals surface area contributed by atoms with Gasteiger partial charge in [-0.2, -0.15) is 0 Å². The maximum Gasteiger partial charge on any atom is 0.310 e. The van der Waals surface area contributed by atoms with Crippen molar-refractivity contribution in [1.29, 1.82) is 0 Å². The van der Waals surface area contributed by atoms with E-state index in [-0.39, 0.29) is 28.6 Å². The molecule has 0 aliphatic heterocycles. The minimum Gasteiger partial charge on any atom is -0.481 e. The second-order valence-electron chi connectivity index (χ2n) is 5.79. The lowest BCUT2D eigenvalue weighted by atomic mass is 9.62. The van der Waals surface area contributed by atoms with Gasteiger partial charge in [-0.3, -0.25) is 9.59 Å². The van der Waals surface area contributed by atoms with E-state index in [1.54, 1.807) is 0 Å². The quantitative estimate of drug-likeness (QED) is 0.762. The molecule has 1 unspecified atom stereocenters. The topological polar surface area (TPSA) is 63.6 Å². The van der Waals surface area contributed by atoms with Crippen molar-refractivity contribution >= 4 is 11.9 Å². The second-order valence-corrected chi connectivity index (χ2v) is 5.79. The predicted molar refractivity (Wildman–Crippen MR) is 59.2 cm³/mol. The first-order chi connectivity index (χ1) is 8.07. The van der Waals surface area contributed by atoms with Crippen molar-refractivity contribution in [3.8, 4) is 0 Å². The average molecular weight is 238 g/mol. The van der Waals surface area contributed by atoms with Gasteiger partial charge in [0.05, 0.1) is 18.4 Å². The van der Waals surface area contributed by atoms with E-state index in [0.717, 1.165) is 12.8 Å². The molecule has 0 saturated heterocycles. The highest BCUT2D eigenvalue weighted by Crippen LogP contribution is 2.86. The Balaban J connectivity index is 1.74. The number of hydrogen-bond donors (Lipinski definition) is 1. The van der Waals surface area contributed by atoms with Gasteiger partial charge in [-0.25, -0.2) is 0 Å². The molecule has 94 valence electrons. The van der Waals surface area contributed by atoms with E-state index < -0.39 is 5.97 Å². The molecule has 1 atom stereocenters. The van der Waals surface area contributed by atoms with Crippen molar-refractivity contribution in [1.82, 2.24) is 0 Å². The third kappa shape index (κ3) is 1.14. The van der Waals surface area contributed by atoms with Crippen LogP contribution in [0.5, 0.6) is 0 Å². The van der Waals surface area contributed by atoms with Gasteiger partial charge in [-0.15, -0.1) is 0 Å². The SMILES string of the molecule is CCOC(=O)C1C2(CCC2)C12CC(C(=O)O)C2. The number of ether oxygens (including phenoxy) is 1. The number of hydrogen-bond acceptors (Lipinski definition) is 3. The fourth-order valence-electron chi connectivity index (χ4n) is 4.40. The van der Waals surface area contributed by atoms with E-state index in [9.17, 15) is 9.59 Å². The minimum atomic E-state index is -0.709. The van der Waals surface area contributed by atoms with Gasteiger partial charge in [0.2, 0.25) is 0 Å². The molecule has 3 aliphatic carbocycles. The summed E-state index contributed by atoms with van der Waals surface area (Å²) in [6, 6.07) is 0. The summed E-state index contributed by atoms with van der Waals surface area (Å²) in [6.07, 6.45) is 4.72. The van der Waals surface area contributed by atoms with Crippen molar-refractivity contribution < 1.29 is 19.4 Å². The van der Waals surface area contributed by atoms with Crippen molar-refractivity contribution in [2.24, 2.45) is 22.7 Å². The summed E-state index contributed by atoms with van der Waals surface area (Å²) >= 11 is 0. The second kappa shape index (κ2) is 3.24. The van der Waals surface area contributed by atoms with Crippen LogP contribution in [0.2, 0.25) is 0 Å². The van der Waals surface area contributed by atoms with Crippen LogP contribution in [0.4, 0.5) is 0 Å². The number of rotatable bonds is 3. The van der Waals surface area contributed by atoms with Crippen LogP contribution >= 0.6 is 0 Å². The van der Waals surface area contributed by atoms with Crippen molar-refractivity contribution in [3.63, 3.8) is 0 Å². The van der Waals surface area contributed by atoms with E-state index in [1.807, 2.05) is 6.92 Å². The highest BCUT2D eigenvalue weighted by molar-refractivity contribution is 5.82. The third-order valence-electron chi connectivity index (χ3n) is 5.35. The summed E-state index contributed by atoms with van der Waals surface area (Å²) in [4.78, 5) is 22.8. The van der Waals surface area contributed by atoms with Crippen LogP contribution in [-0.2, 0) is 14.3 Å². The first-order valence-electron chi connectivity index (χ1n) is 6.47. The fraction of sp³-hybridized carbons (Fsp3) is 0.846. The monoisotopic (exact) mass is 238 g/mol. The van der Waals surface area contributed by atoms with Crippen molar-refractivity contribution in [2.75, 3.05) is 6.61 Å². The number of fused-ring (bicyclic) bond motifs is 1. The molecular formula is C13H18O4. The van der Waals surface area contributed by atoms with Gasteiger partial charge in [-0.1, -0.05) is 6.42 Å². The smallest absolute Gasteiger partial charge is 0.310 e. The molecule has 3 saturated carbocycles. The zero-order valence-corrected chi connectivity index (χ0v) is 10.1. The van der Waals surface area contributed by atoms with Crippen molar-refractivity contribution in [3.05, 3.63) is 0 Å². The van der Waals surface area contributed by atoms with Crippen LogP contribution in [0, 0.1) is 22.7 Å². The number of carboxylic acids is 1. The molecule has 0 heterocycles. The van der Waals surface area contributed by atoms with E-state index in [2.05, 4.69) is 0 Å². The molecule has 3 rings (SSSR count). The number of carboxylic acid groups (broad SMARTS) is 1. The van der Waals surface area contributed by atoms with E-state index >= 15 is 0 Å². The summed E-state index contributed by atoms with van der Waals surface area (Å²) in [5.41, 5.74) is 0.131. The maximum atomic E-state index is 11.9. The molecule has 0 amide bonds. The number of carbonyl (C=O) groups is 2. The lowest BCUT2D eigenvalue weighted by Crippen LogP contribution is -2.38. The normalized spacial score (nSPS) is 40.5. The van der Waals surface area contributed by atoms with Gasteiger partial charge in [0.1, 0.15) is 0 Å². The third-order valence-corrected chi connectivity index (χ3v) is 5.35. The number of aliphatic carboxylic acids is 1. The molecule has 3 aliphatic rings. The first kappa shape index (κ1) is 11.1. The molecule has 4 heteroatoms. The predicted octanol–water partition coefficient (Wildman–Crippen LogP) is 1.83. The molecule has 4 nitrogen and oxygen atoms in total. The summed E-state index contributed by atoms with van der Waals surface area (Å²) in [7, 11) is 0. The number of esters is 1. The molecule has 2 spiro atoms. The maximum absolute atomic E-state index is 11.9. The van der Waals surface area contributed by atoms with Gasteiger partial charge in [-0.05, 0) is 43.4 Å². The average Bonchev–Trinajstić information content (AvgIpc) is 2.78. The summed E-state index contributed by atoms with van der Waals surface area (Å²) in [5, 5.41) is 8.97. The molecular weight excluding hydrogens is 220 g/mol. The van der Waals surface area contributed by atoms with Gasteiger partial charge >= 0.3 is 11.9 Å². The molecule has 0 aromatic carbocycles. The summed E-state index contributed by atoms with van der Waals surface area (Å²) in [6.45, 7) is 2.24. The Kier molecular flexibility index (Phi) is 2.11. The molecule has 1 N–H and O–H groups in total. The molecule has 3 fully saturated rings. The molecule has 0 bridgehead atoms. The standard InChI is InChI=1S/C13H18O4/c1-2-17-11(16)9-12(4-3-5-12)13(9)6-8(7-13)10(14)15/h8-9H,2-7H2,1H3,(H,14,15). The fourth-order valence-corrected chi connectivity index (χ4v) is 4.40. The van der Waals surface area contributed by atoms with E-state index in [1.165, 1.54) is 6.42 Å². The Morgan fingerprint density at radius 3 is 2.35 bits per heavy atom. The van der Waals surface area contributed by atoms with Crippen LogP contribution in [0.15, 0.2) is 0 Å². The Bertz CT molecular complexity index is 377. The van der Waals surface area contributed by atoms with E-state index in [0.29, 0.717) is 19.4 Å². The van der Waals surface area contributed by atoms with Crippen molar-refractivity contribution in [2.45, 2.75) is 39.0 Å². The first-order valence-corrected chi connectivity index (χ1v) is 6.47. The Hall–Kier alpha value is -1.06. The van der Waals surface area contributed by atoms with Crippen LogP contribution in [0.1, 0.15) is 39.0 Å². The lowest BCUT2D eigenvalue weighted by molar-refractivity contribution is -0.152. The summed E-state index contributed by atoms with van der Waals surface area (Å²) in [5.74, 6) is -1.03.